The third-order valence-corrected chi connectivity index (χ3v) is 6.26. The van der Waals surface area contributed by atoms with Crippen LogP contribution in [0.3, 0.4) is 0 Å². The predicted molar refractivity (Wildman–Crippen MR) is 117 cm³/mol. The van der Waals surface area contributed by atoms with E-state index >= 15 is 0 Å². The minimum atomic E-state index is 0.0971. The Morgan fingerprint density at radius 3 is 2.52 bits per heavy atom. The van der Waals surface area contributed by atoms with Crippen LogP contribution in [0, 0.1) is 0 Å². The number of amides is 1. The van der Waals surface area contributed by atoms with E-state index in [4.69, 9.17) is 4.99 Å². The molecule has 150 valence electrons. The maximum atomic E-state index is 12.4. The lowest BCUT2D eigenvalue weighted by Gasteiger charge is -2.34. The highest BCUT2D eigenvalue weighted by molar-refractivity contribution is 8.00. The van der Waals surface area contributed by atoms with Crippen LogP contribution in [0.15, 0.2) is 29.3 Å². The van der Waals surface area contributed by atoms with Gasteiger partial charge in [-0.25, -0.2) is 4.99 Å². The molecule has 1 aliphatic heterocycles. The molecule has 1 fully saturated rings. The fourth-order valence-corrected chi connectivity index (χ4v) is 4.38. The van der Waals surface area contributed by atoms with Crippen LogP contribution in [-0.2, 0) is 6.54 Å². The normalized spacial score (nSPS) is 17.7. The van der Waals surface area contributed by atoms with Crippen molar-refractivity contribution in [3.05, 3.63) is 35.4 Å². The second-order valence-electron chi connectivity index (χ2n) is 6.69. The van der Waals surface area contributed by atoms with Crippen molar-refractivity contribution in [2.24, 2.45) is 4.99 Å². The van der Waals surface area contributed by atoms with Gasteiger partial charge in [0.1, 0.15) is 0 Å². The topological polar surface area (TPSA) is 47.9 Å². The zero-order chi connectivity index (χ0) is 19.6. The molecule has 27 heavy (non-hydrogen) atoms. The second-order valence-corrected chi connectivity index (χ2v) is 8.10. The van der Waals surface area contributed by atoms with Gasteiger partial charge in [-0.05, 0) is 44.9 Å². The number of guanidine groups is 1. The Kier molecular flexibility index (Phi) is 8.98. The first-order valence-electron chi connectivity index (χ1n) is 10.2. The Hall–Kier alpha value is -1.69. The number of nitrogens with one attached hydrogen (secondary N) is 1. The van der Waals surface area contributed by atoms with Crippen molar-refractivity contribution < 1.29 is 4.79 Å². The van der Waals surface area contributed by atoms with Crippen LogP contribution in [0.2, 0.25) is 0 Å². The molecule has 5 nitrogen and oxygen atoms in total. The summed E-state index contributed by atoms with van der Waals surface area (Å²) in [6, 6.07) is 7.88. The van der Waals surface area contributed by atoms with Gasteiger partial charge in [-0.3, -0.25) is 4.79 Å². The quantitative estimate of drug-likeness (QED) is 0.572. The van der Waals surface area contributed by atoms with Gasteiger partial charge >= 0.3 is 0 Å². The van der Waals surface area contributed by atoms with Crippen molar-refractivity contribution in [2.45, 2.75) is 45.9 Å². The molecule has 1 aromatic rings. The van der Waals surface area contributed by atoms with Crippen LogP contribution in [0.25, 0.3) is 0 Å². The van der Waals surface area contributed by atoms with E-state index in [2.05, 4.69) is 35.8 Å². The first-order chi connectivity index (χ1) is 13.1. The van der Waals surface area contributed by atoms with Crippen molar-refractivity contribution in [3.63, 3.8) is 0 Å². The molecule has 2 rings (SSSR count). The van der Waals surface area contributed by atoms with Crippen molar-refractivity contribution in [3.8, 4) is 0 Å². The zero-order valence-electron chi connectivity index (χ0n) is 17.2. The lowest BCUT2D eigenvalue weighted by Crippen LogP contribution is -2.48. The van der Waals surface area contributed by atoms with E-state index in [0.717, 1.165) is 55.6 Å². The number of carbonyl (C=O) groups excluding carboxylic acids is 1. The maximum Gasteiger partial charge on any atom is 0.253 e. The van der Waals surface area contributed by atoms with E-state index in [1.807, 2.05) is 43.0 Å². The average Bonchev–Trinajstić information content (AvgIpc) is 2.72. The highest BCUT2D eigenvalue weighted by Crippen LogP contribution is 2.21. The zero-order valence-corrected chi connectivity index (χ0v) is 18.0. The van der Waals surface area contributed by atoms with E-state index in [0.29, 0.717) is 11.8 Å². The Morgan fingerprint density at radius 1 is 1.22 bits per heavy atom. The second kappa shape index (κ2) is 11.2. The lowest BCUT2D eigenvalue weighted by atomic mass is 10.1. The Bertz CT molecular complexity index is 613. The summed E-state index contributed by atoms with van der Waals surface area (Å²) in [4.78, 5) is 21.5. The lowest BCUT2D eigenvalue weighted by molar-refractivity contribution is 0.0773. The summed E-state index contributed by atoms with van der Waals surface area (Å²) in [6.45, 7) is 13.5. The molecule has 1 heterocycles. The molecule has 1 aromatic carbocycles. The van der Waals surface area contributed by atoms with Gasteiger partial charge in [-0.15, -0.1) is 0 Å². The Balaban J connectivity index is 2.04. The summed E-state index contributed by atoms with van der Waals surface area (Å²) in [6.07, 6.45) is 1.20. The van der Waals surface area contributed by atoms with Gasteiger partial charge in [0.2, 0.25) is 0 Å². The van der Waals surface area contributed by atoms with Gasteiger partial charge in [0.25, 0.3) is 5.91 Å². The molecule has 0 bridgehead atoms. The summed E-state index contributed by atoms with van der Waals surface area (Å²) >= 11 is 2.07. The molecule has 1 amide bonds. The Morgan fingerprint density at radius 2 is 1.93 bits per heavy atom. The molecular formula is C21H34N4OS. The number of hydrogen-bond acceptors (Lipinski definition) is 3. The number of carbonyl (C=O) groups is 1. The number of rotatable bonds is 7. The van der Waals surface area contributed by atoms with Gasteiger partial charge in [-0.2, -0.15) is 11.8 Å². The monoisotopic (exact) mass is 390 g/mol. The number of aliphatic imine (C=N–C) groups is 1. The smallest absolute Gasteiger partial charge is 0.253 e. The Labute approximate surface area is 168 Å². The van der Waals surface area contributed by atoms with Crippen LogP contribution in [0.1, 0.15) is 50.0 Å². The van der Waals surface area contributed by atoms with Crippen molar-refractivity contribution in [2.75, 3.05) is 38.5 Å². The fourth-order valence-electron chi connectivity index (χ4n) is 3.20. The first-order valence-corrected chi connectivity index (χ1v) is 11.2. The van der Waals surface area contributed by atoms with Gasteiger partial charge in [0.15, 0.2) is 5.96 Å². The van der Waals surface area contributed by atoms with Crippen LogP contribution in [-0.4, -0.2) is 65.4 Å². The van der Waals surface area contributed by atoms with E-state index in [-0.39, 0.29) is 5.91 Å². The SMILES string of the molecule is CCNC(=NCc1ccc(C(=O)N(CC)CC)cc1)N1CCSC(CC)C1. The first kappa shape index (κ1) is 21.6. The fraction of sp³-hybridized carbons (Fsp3) is 0.619. The molecular weight excluding hydrogens is 356 g/mol. The molecule has 1 aliphatic rings. The van der Waals surface area contributed by atoms with Gasteiger partial charge in [-0.1, -0.05) is 19.1 Å². The molecule has 0 saturated carbocycles. The van der Waals surface area contributed by atoms with E-state index in [1.165, 1.54) is 6.42 Å². The van der Waals surface area contributed by atoms with Crippen molar-refractivity contribution in [1.29, 1.82) is 0 Å². The minimum absolute atomic E-state index is 0.0971. The molecule has 0 aromatic heterocycles. The third kappa shape index (κ3) is 6.16. The predicted octanol–water partition coefficient (Wildman–Crippen LogP) is 3.46. The molecule has 0 aliphatic carbocycles. The maximum absolute atomic E-state index is 12.4. The largest absolute Gasteiger partial charge is 0.357 e. The third-order valence-electron chi connectivity index (χ3n) is 4.89. The highest BCUT2D eigenvalue weighted by atomic mass is 32.2. The molecule has 1 saturated heterocycles. The van der Waals surface area contributed by atoms with Crippen molar-refractivity contribution >= 4 is 23.6 Å². The summed E-state index contributed by atoms with van der Waals surface area (Å²) in [5.41, 5.74) is 1.87. The molecule has 0 radical (unpaired) electrons. The summed E-state index contributed by atoms with van der Waals surface area (Å²) in [5.74, 6) is 2.25. The van der Waals surface area contributed by atoms with Gasteiger partial charge in [0.05, 0.1) is 6.54 Å². The van der Waals surface area contributed by atoms with E-state index in [9.17, 15) is 4.79 Å². The van der Waals surface area contributed by atoms with Crippen LogP contribution < -0.4 is 5.32 Å². The molecule has 0 spiro atoms. The number of thioether (sulfide) groups is 1. The standard InChI is InChI=1S/C21H34N4OS/c1-5-19-16-25(13-14-27-19)21(22-6-2)23-15-17-9-11-18(12-10-17)20(26)24(7-3)8-4/h9-12,19H,5-8,13-16H2,1-4H3,(H,22,23). The minimum Gasteiger partial charge on any atom is -0.357 e. The van der Waals surface area contributed by atoms with Gasteiger partial charge < -0.3 is 15.1 Å². The number of benzene rings is 1. The summed E-state index contributed by atoms with van der Waals surface area (Å²) < 4.78 is 0. The van der Waals surface area contributed by atoms with Crippen LogP contribution >= 0.6 is 11.8 Å². The van der Waals surface area contributed by atoms with E-state index in [1.54, 1.807) is 0 Å². The molecule has 6 heteroatoms. The summed E-state index contributed by atoms with van der Waals surface area (Å²) in [5, 5.41) is 4.12. The highest BCUT2D eigenvalue weighted by Gasteiger charge is 2.21. The van der Waals surface area contributed by atoms with Crippen LogP contribution in [0.5, 0.6) is 0 Å². The molecule has 1 atom stereocenters. The van der Waals surface area contributed by atoms with Crippen molar-refractivity contribution in [1.82, 2.24) is 15.1 Å². The van der Waals surface area contributed by atoms with Crippen LogP contribution in [0.4, 0.5) is 0 Å². The molecule has 1 unspecified atom stereocenters. The van der Waals surface area contributed by atoms with Gasteiger partial charge in [0, 0.05) is 49.3 Å². The average molecular weight is 391 g/mol. The number of nitrogens with zero attached hydrogens (tertiary/aromatic N) is 3. The van der Waals surface area contributed by atoms with E-state index < -0.39 is 0 Å². The molecule has 1 N–H and O–H groups in total. The number of hydrogen-bond donors (Lipinski definition) is 1. The summed E-state index contributed by atoms with van der Waals surface area (Å²) in [7, 11) is 0.